The van der Waals surface area contributed by atoms with E-state index in [-0.39, 0.29) is 12.4 Å². The van der Waals surface area contributed by atoms with E-state index in [1.165, 1.54) is 13.2 Å². The molecule has 0 aliphatic heterocycles. The number of carbonyl (C=O) groups excluding carboxylic acids is 1. The van der Waals surface area contributed by atoms with Crippen molar-refractivity contribution in [1.82, 2.24) is 9.55 Å². The Balaban J connectivity index is 2.15. The van der Waals surface area contributed by atoms with E-state index in [0.29, 0.717) is 22.8 Å². The molecule has 0 N–H and O–H groups in total. The average molecular weight is 397 g/mol. The van der Waals surface area contributed by atoms with Crippen LogP contribution in [0.3, 0.4) is 0 Å². The van der Waals surface area contributed by atoms with Crippen LogP contribution < -0.4 is 0 Å². The van der Waals surface area contributed by atoms with Crippen LogP contribution in [0.5, 0.6) is 0 Å². The predicted octanol–water partition coefficient (Wildman–Crippen LogP) is 5.02. The Bertz CT molecular complexity index is 995. The van der Waals surface area contributed by atoms with Crippen LogP contribution in [0, 0.1) is 0 Å². The maximum atomic E-state index is 12.8. The maximum absolute atomic E-state index is 12.8. The van der Waals surface area contributed by atoms with Crippen molar-refractivity contribution in [1.29, 1.82) is 0 Å². The van der Waals surface area contributed by atoms with Gasteiger partial charge < -0.3 is 9.30 Å². The number of methoxy groups -OCH3 is 1. The summed E-state index contributed by atoms with van der Waals surface area (Å²) in [6.07, 6.45) is -3.16. The predicted molar refractivity (Wildman–Crippen MR) is 96.5 cm³/mol. The summed E-state index contributed by atoms with van der Waals surface area (Å²) >= 11 is 6.12. The summed E-state index contributed by atoms with van der Waals surface area (Å²) in [5.74, 6) is -0.375. The summed E-state index contributed by atoms with van der Waals surface area (Å²) in [6, 6.07) is 7.67. The second-order valence-corrected chi connectivity index (χ2v) is 6.49. The fourth-order valence-corrected chi connectivity index (χ4v) is 3.28. The number of nitrogens with zero attached hydrogens (tertiary/aromatic N) is 2. The maximum Gasteiger partial charge on any atom is 0.417 e. The molecule has 27 heavy (non-hydrogen) atoms. The molecule has 3 rings (SSSR count). The lowest BCUT2D eigenvalue weighted by Crippen LogP contribution is -2.06. The molecule has 3 aromatic rings. The fourth-order valence-electron chi connectivity index (χ4n) is 3.10. The lowest BCUT2D eigenvalue weighted by molar-refractivity contribution is -0.140. The van der Waals surface area contributed by atoms with E-state index in [9.17, 15) is 18.0 Å². The molecule has 142 valence electrons. The Labute approximate surface area is 158 Å². The number of hydrogen-bond donors (Lipinski definition) is 0. The Kier molecular flexibility index (Phi) is 5.15. The van der Waals surface area contributed by atoms with Crippen molar-refractivity contribution < 1.29 is 22.7 Å². The van der Waals surface area contributed by atoms with Gasteiger partial charge in [-0.15, -0.1) is 0 Å². The fraction of sp³-hybridized carbons (Fsp3) is 0.263. The first-order valence-electron chi connectivity index (χ1n) is 8.09. The molecule has 1 aromatic carbocycles. The van der Waals surface area contributed by atoms with E-state index in [1.807, 2.05) is 10.6 Å². The number of alkyl halides is 3. The van der Waals surface area contributed by atoms with Gasteiger partial charge in [0.1, 0.15) is 0 Å². The van der Waals surface area contributed by atoms with Crippen LogP contribution in [-0.2, 0) is 29.2 Å². The van der Waals surface area contributed by atoms with Crippen LogP contribution in [-0.4, -0.2) is 22.6 Å². The number of ether oxygens (including phenoxy) is 1. The van der Waals surface area contributed by atoms with Crippen molar-refractivity contribution in [3.8, 4) is 11.4 Å². The zero-order valence-electron chi connectivity index (χ0n) is 14.6. The van der Waals surface area contributed by atoms with Crippen LogP contribution in [0.25, 0.3) is 22.3 Å². The molecule has 2 heterocycles. The lowest BCUT2D eigenvalue weighted by Gasteiger charge is -2.10. The van der Waals surface area contributed by atoms with Gasteiger partial charge in [-0.3, -0.25) is 9.78 Å². The SMILES string of the molecule is COC(=O)CCc1c(-c2ccc(C(F)(F)F)cn2)n(C)c2ccc(Cl)cc12. The minimum absolute atomic E-state index is 0.135. The van der Waals surface area contributed by atoms with Crippen molar-refractivity contribution in [3.63, 3.8) is 0 Å². The van der Waals surface area contributed by atoms with Gasteiger partial charge in [-0.2, -0.15) is 13.2 Å². The minimum Gasteiger partial charge on any atom is -0.469 e. The summed E-state index contributed by atoms with van der Waals surface area (Å²) in [7, 11) is 3.10. The highest BCUT2D eigenvalue weighted by Crippen LogP contribution is 2.36. The van der Waals surface area contributed by atoms with E-state index in [0.717, 1.165) is 28.7 Å². The van der Waals surface area contributed by atoms with Crippen molar-refractivity contribution in [2.24, 2.45) is 7.05 Å². The van der Waals surface area contributed by atoms with E-state index in [1.54, 1.807) is 19.2 Å². The number of pyridine rings is 1. The van der Waals surface area contributed by atoms with E-state index in [2.05, 4.69) is 4.98 Å². The molecular formula is C19H16ClF3N2O2. The molecule has 0 saturated heterocycles. The number of carbonyl (C=O) groups is 1. The number of rotatable bonds is 4. The Morgan fingerprint density at radius 2 is 2.00 bits per heavy atom. The lowest BCUT2D eigenvalue weighted by atomic mass is 10.0. The van der Waals surface area contributed by atoms with Crippen LogP contribution in [0.1, 0.15) is 17.5 Å². The third kappa shape index (κ3) is 3.78. The molecule has 4 nitrogen and oxygen atoms in total. The summed E-state index contributed by atoms with van der Waals surface area (Å²) in [5, 5.41) is 1.35. The molecule has 0 amide bonds. The topological polar surface area (TPSA) is 44.1 Å². The molecule has 2 aromatic heterocycles. The average Bonchev–Trinajstić information content (AvgIpc) is 2.90. The number of halogens is 4. The Morgan fingerprint density at radius 3 is 2.59 bits per heavy atom. The first kappa shape index (κ1) is 19.2. The van der Waals surface area contributed by atoms with Gasteiger partial charge >= 0.3 is 12.1 Å². The van der Waals surface area contributed by atoms with Gasteiger partial charge in [0.2, 0.25) is 0 Å². The van der Waals surface area contributed by atoms with Crippen LogP contribution in [0.2, 0.25) is 5.02 Å². The molecule has 0 atom stereocenters. The summed E-state index contributed by atoms with van der Waals surface area (Å²) in [5.41, 5.74) is 1.84. The molecule has 0 aliphatic rings. The highest BCUT2D eigenvalue weighted by Gasteiger charge is 2.31. The number of aryl methyl sites for hydroxylation is 2. The molecule has 0 radical (unpaired) electrons. The standard InChI is InChI=1S/C19H16ClF3N2O2/c1-25-16-7-4-12(20)9-14(16)13(5-8-17(26)27-2)18(25)15-6-3-11(10-24-15)19(21,22)23/h3-4,6-7,9-10H,5,8H2,1-2H3. The molecule has 0 saturated carbocycles. The van der Waals surface area contributed by atoms with E-state index < -0.39 is 11.7 Å². The van der Waals surface area contributed by atoms with Crippen LogP contribution >= 0.6 is 11.6 Å². The van der Waals surface area contributed by atoms with E-state index >= 15 is 0 Å². The largest absolute Gasteiger partial charge is 0.469 e. The smallest absolute Gasteiger partial charge is 0.417 e. The Hall–Kier alpha value is -2.54. The third-order valence-corrected chi connectivity index (χ3v) is 4.64. The number of benzene rings is 1. The highest BCUT2D eigenvalue weighted by molar-refractivity contribution is 6.31. The van der Waals surface area contributed by atoms with E-state index in [4.69, 9.17) is 16.3 Å². The summed E-state index contributed by atoms with van der Waals surface area (Å²) < 4.78 is 45.0. The van der Waals surface area contributed by atoms with Gasteiger partial charge in [0.05, 0.1) is 24.1 Å². The number of aromatic nitrogens is 2. The van der Waals surface area contributed by atoms with Gasteiger partial charge in [-0.1, -0.05) is 11.6 Å². The van der Waals surface area contributed by atoms with Crippen molar-refractivity contribution in [2.45, 2.75) is 19.0 Å². The van der Waals surface area contributed by atoms with Crippen LogP contribution in [0.15, 0.2) is 36.5 Å². The Morgan fingerprint density at radius 1 is 1.26 bits per heavy atom. The van der Waals surface area contributed by atoms with Crippen molar-refractivity contribution in [2.75, 3.05) is 7.11 Å². The molecule has 0 aliphatic carbocycles. The normalized spacial score (nSPS) is 11.8. The monoisotopic (exact) mass is 396 g/mol. The molecule has 8 heteroatoms. The first-order chi connectivity index (χ1) is 12.7. The second kappa shape index (κ2) is 7.23. The number of fused-ring (bicyclic) bond motifs is 1. The highest BCUT2D eigenvalue weighted by atomic mass is 35.5. The first-order valence-corrected chi connectivity index (χ1v) is 8.47. The number of esters is 1. The van der Waals surface area contributed by atoms with Crippen molar-refractivity contribution >= 4 is 28.5 Å². The van der Waals surface area contributed by atoms with Gasteiger partial charge in [0.25, 0.3) is 0 Å². The van der Waals surface area contributed by atoms with Gasteiger partial charge in [-0.05, 0) is 42.3 Å². The molecular weight excluding hydrogens is 381 g/mol. The number of hydrogen-bond acceptors (Lipinski definition) is 3. The molecule has 0 unspecified atom stereocenters. The zero-order valence-corrected chi connectivity index (χ0v) is 15.4. The third-order valence-electron chi connectivity index (χ3n) is 4.41. The minimum atomic E-state index is -4.45. The van der Waals surface area contributed by atoms with Gasteiger partial charge in [0, 0.05) is 35.6 Å². The molecule has 0 bridgehead atoms. The van der Waals surface area contributed by atoms with Gasteiger partial charge in [0.15, 0.2) is 0 Å². The second-order valence-electron chi connectivity index (χ2n) is 6.05. The zero-order chi connectivity index (χ0) is 19.8. The molecule has 0 fully saturated rings. The quantitative estimate of drug-likeness (QED) is 0.582. The summed E-state index contributed by atoms with van der Waals surface area (Å²) in [4.78, 5) is 15.6. The van der Waals surface area contributed by atoms with Gasteiger partial charge in [-0.25, -0.2) is 0 Å². The van der Waals surface area contributed by atoms with Crippen LogP contribution in [0.4, 0.5) is 13.2 Å². The van der Waals surface area contributed by atoms with Crippen molar-refractivity contribution in [3.05, 3.63) is 52.7 Å². The summed E-state index contributed by atoms with van der Waals surface area (Å²) in [6.45, 7) is 0. The molecule has 0 spiro atoms.